The molecule has 0 bridgehead atoms. The lowest BCUT2D eigenvalue weighted by Crippen LogP contribution is -1.89. The molecule has 0 aliphatic carbocycles. The topological polar surface area (TPSA) is 37.3 Å². The van der Waals surface area contributed by atoms with Crippen LogP contribution in [-0.2, 0) is 4.79 Å². The summed E-state index contributed by atoms with van der Waals surface area (Å²) in [6.07, 6.45) is 25.9. The van der Waals surface area contributed by atoms with E-state index in [9.17, 15) is 4.79 Å². The van der Waals surface area contributed by atoms with E-state index in [1.54, 1.807) is 0 Å². The lowest BCUT2D eigenvalue weighted by Gasteiger charge is -2.01. The summed E-state index contributed by atoms with van der Waals surface area (Å²) in [7, 11) is 0. The van der Waals surface area contributed by atoms with E-state index in [-0.39, 0.29) is 0 Å². The van der Waals surface area contributed by atoms with E-state index in [2.05, 4.69) is 19.1 Å². The zero-order valence-electron chi connectivity index (χ0n) is 16.3. The molecule has 0 spiro atoms. The molecule has 0 saturated heterocycles. The molecule has 0 aromatic carbocycles. The van der Waals surface area contributed by atoms with Crippen LogP contribution in [0.1, 0.15) is 110 Å². The Labute approximate surface area is 160 Å². The maximum atomic E-state index is 10.4. The molecule has 25 heavy (non-hydrogen) atoms. The fraction of sp³-hybridized carbons (Fsp3) is 0.773. The molecule has 1 N–H and O–H groups in total. The van der Waals surface area contributed by atoms with Crippen LogP contribution in [0, 0.1) is 0 Å². The molecule has 0 amide bonds. The van der Waals surface area contributed by atoms with E-state index < -0.39 is 5.97 Å². The van der Waals surface area contributed by atoms with Gasteiger partial charge in [-0.2, -0.15) is 0 Å². The van der Waals surface area contributed by atoms with Crippen LogP contribution in [0.3, 0.4) is 0 Å². The average Bonchev–Trinajstić information content (AvgIpc) is 2.57. The van der Waals surface area contributed by atoms with Crippen molar-refractivity contribution in [2.75, 3.05) is 0 Å². The molecule has 0 aliphatic heterocycles. The molecule has 0 unspecified atom stereocenters. The van der Waals surface area contributed by atoms with Crippen molar-refractivity contribution in [3.63, 3.8) is 0 Å². The van der Waals surface area contributed by atoms with Crippen molar-refractivity contribution >= 4 is 17.6 Å². The summed E-state index contributed by atoms with van der Waals surface area (Å²) >= 11 is 5.82. The van der Waals surface area contributed by atoms with E-state index >= 15 is 0 Å². The van der Waals surface area contributed by atoms with Crippen molar-refractivity contribution in [3.8, 4) is 0 Å². The lowest BCUT2D eigenvalue weighted by molar-refractivity contribution is -0.131. The summed E-state index contributed by atoms with van der Waals surface area (Å²) in [4.78, 5) is 10.4. The first-order valence-electron chi connectivity index (χ1n) is 10.4. The predicted molar refractivity (Wildman–Crippen MR) is 110 cm³/mol. The van der Waals surface area contributed by atoms with E-state index in [0.29, 0.717) is 11.5 Å². The quantitative estimate of drug-likeness (QED) is 0.151. The number of carboxylic acid groups (broad SMARTS) is 1. The SMILES string of the molecule is CCCCCCCCC=CCCCCCCCCC/C(Cl)=C\C(=O)O. The summed E-state index contributed by atoms with van der Waals surface area (Å²) in [5.74, 6) is -0.953. The highest BCUT2D eigenvalue weighted by atomic mass is 35.5. The Bertz CT molecular complexity index is 361. The number of hydrogen-bond donors (Lipinski definition) is 1. The van der Waals surface area contributed by atoms with Gasteiger partial charge in [-0.1, -0.05) is 94.9 Å². The van der Waals surface area contributed by atoms with Gasteiger partial charge in [0.05, 0.1) is 0 Å². The summed E-state index contributed by atoms with van der Waals surface area (Å²) < 4.78 is 0. The molecule has 0 aliphatic rings. The smallest absolute Gasteiger partial charge is 0.329 e. The van der Waals surface area contributed by atoms with Crippen LogP contribution in [0.4, 0.5) is 0 Å². The molecule has 0 aromatic heterocycles. The van der Waals surface area contributed by atoms with Crippen molar-refractivity contribution in [2.24, 2.45) is 0 Å². The second-order valence-electron chi connectivity index (χ2n) is 6.97. The summed E-state index contributed by atoms with van der Waals surface area (Å²) in [5.41, 5.74) is 0. The van der Waals surface area contributed by atoms with Gasteiger partial charge in [-0.05, 0) is 38.5 Å². The van der Waals surface area contributed by atoms with Crippen molar-refractivity contribution in [3.05, 3.63) is 23.3 Å². The van der Waals surface area contributed by atoms with Crippen LogP contribution in [0.15, 0.2) is 23.3 Å². The minimum atomic E-state index is -0.953. The van der Waals surface area contributed by atoms with Gasteiger partial charge in [0.25, 0.3) is 0 Å². The van der Waals surface area contributed by atoms with E-state index in [4.69, 9.17) is 16.7 Å². The van der Waals surface area contributed by atoms with Crippen LogP contribution < -0.4 is 0 Å². The Morgan fingerprint density at radius 1 is 0.760 bits per heavy atom. The van der Waals surface area contributed by atoms with Crippen molar-refractivity contribution in [1.82, 2.24) is 0 Å². The fourth-order valence-corrected chi connectivity index (χ4v) is 3.15. The second kappa shape index (κ2) is 19.6. The highest BCUT2D eigenvalue weighted by molar-refractivity contribution is 6.30. The van der Waals surface area contributed by atoms with Gasteiger partial charge < -0.3 is 5.11 Å². The molecule has 0 rings (SSSR count). The Kier molecular flexibility index (Phi) is 19.0. The Balaban J connectivity index is 3.21. The predicted octanol–water partition coefficient (Wildman–Crippen LogP) is 8.01. The van der Waals surface area contributed by atoms with Crippen molar-refractivity contribution < 1.29 is 9.90 Å². The fourth-order valence-electron chi connectivity index (χ4n) is 2.92. The Morgan fingerprint density at radius 2 is 1.20 bits per heavy atom. The third-order valence-corrected chi connectivity index (χ3v) is 4.76. The molecular formula is C22H39ClO2. The molecular weight excluding hydrogens is 332 g/mol. The third-order valence-electron chi connectivity index (χ3n) is 4.46. The van der Waals surface area contributed by atoms with E-state index in [1.165, 1.54) is 83.5 Å². The monoisotopic (exact) mass is 370 g/mol. The molecule has 0 radical (unpaired) electrons. The molecule has 0 heterocycles. The maximum absolute atomic E-state index is 10.4. The van der Waals surface area contributed by atoms with Crippen molar-refractivity contribution in [2.45, 2.75) is 110 Å². The molecule has 0 atom stereocenters. The van der Waals surface area contributed by atoms with Crippen LogP contribution in [0.25, 0.3) is 0 Å². The van der Waals surface area contributed by atoms with Crippen LogP contribution in [-0.4, -0.2) is 11.1 Å². The first-order valence-corrected chi connectivity index (χ1v) is 10.8. The van der Waals surface area contributed by atoms with Gasteiger partial charge >= 0.3 is 5.97 Å². The van der Waals surface area contributed by atoms with Gasteiger partial charge in [0, 0.05) is 11.1 Å². The summed E-state index contributed by atoms with van der Waals surface area (Å²) in [5, 5.41) is 9.02. The number of aliphatic carboxylic acids is 1. The number of allylic oxidation sites excluding steroid dienone is 3. The Hall–Kier alpha value is -0.760. The lowest BCUT2D eigenvalue weighted by atomic mass is 10.1. The minimum Gasteiger partial charge on any atom is -0.478 e. The Morgan fingerprint density at radius 3 is 1.68 bits per heavy atom. The van der Waals surface area contributed by atoms with Gasteiger partial charge in [0.15, 0.2) is 0 Å². The second-order valence-corrected chi connectivity index (χ2v) is 7.46. The number of rotatable bonds is 18. The highest BCUT2D eigenvalue weighted by Crippen LogP contribution is 2.15. The largest absolute Gasteiger partial charge is 0.478 e. The maximum Gasteiger partial charge on any atom is 0.329 e. The number of unbranched alkanes of at least 4 members (excludes halogenated alkanes) is 13. The van der Waals surface area contributed by atoms with Gasteiger partial charge in [-0.15, -0.1) is 0 Å². The zero-order chi connectivity index (χ0) is 18.6. The molecule has 146 valence electrons. The minimum absolute atomic E-state index is 0.459. The van der Waals surface area contributed by atoms with Crippen LogP contribution in [0.2, 0.25) is 0 Å². The summed E-state index contributed by atoms with van der Waals surface area (Å²) in [6, 6.07) is 0. The first kappa shape index (κ1) is 24.2. The van der Waals surface area contributed by atoms with E-state index in [1.807, 2.05) is 0 Å². The number of hydrogen-bond acceptors (Lipinski definition) is 1. The van der Waals surface area contributed by atoms with Gasteiger partial charge in [-0.3, -0.25) is 0 Å². The van der Waals surface area contributed by atoms with Crippen LogP contribution in [0.5, 0.6) is 0 Å². The number of carboxylic acids is 1. The van der Waals surface area contributed by atoms with Crippen molar-refractivity contribution in [1.29, 1.82) is 0 Å². The first-order chi connectivity index (χ1) is 12.2. The molecule has 0 aromatic rings. The van der Waals surface area contributed by atoms with Gasteiger partial charge in [0.2, 0.25) is 0 Å². The van der Waals surface area contributed by atoms with Gasteiger partial charge in [0.1, 0.15) is 0 Å². The highest BCUT2D eigenvalue weighted by Gasteiger charge is 1.97. The molecule has 2 nitrogen and oxygen atoms in total. The molecule has 0 fully saturated rings. The number of carbonyl (C=O) groups is 1. The molecule has 0 saturated carbocycles. The molecule has 3 heteroatoms. The van der Waals surface area contributed by atoms with Gasteiger partial charge in [-0.25, -0.2) is 4.79 Å². The van der Waals surface area contributed by atoms with E-state index in [0.717, 1.165) is 18.9 Å². The standard InChI is InChI=1S/C22H39ClO2/c1-2-3-4-5-6-7-8-9-10-11-12-13-14-15-16-17-18-19-21(23)20-22(24)25/h9-10,20H,2-8,11-19H2,1H3,(H,24,25)/b10-9?,21-20+. The average molecular weight is 371 g/mol. The summed E-state index contributed by atoms with van der Waals surface area (Å²) in [6.45, 7) is 2.27. The van der Waals surface area contributed by atoms with Crippen LogP contribution >= 0.6 is 11.6 Å². The zero-order valence-corrected chi connectivity index (χ0v) is 17.0. The normalized spacial score (nSPS) is 12.2. The number of halogens is 1. The third kappa shape index (κ3) is 21.2.